The average Bonchev–Trinajstić information content (AvgIpc) is 2.72. The van der Waals surface area contributed by atoms with Gasteiger partial charge < -0.3 is 15.0 Å². The molecule has 1 fully saturated rings. The molecule has 1 unspecified atom stereocenters. The van der Waals surface area contributed by atoms with Crippen LogP contribution in [0.2, 0.25) is 0 Å². The zero-order chi connectivity index (χ0) is 9.80. The first-order valence-corrected chi connectivity index (χ1v) is 5.44. The van der Waals surface area contributed by atoms with Gasteiger partial charge in [-0.1, -0.05) is 0 Å². The van der Waals surface area contributed by atoms with E-state index in [-0.39, 0.29) is 6.10 Å². The van der Waals surface area contributed by atoms with Gasteiger partial charge in [0.2, 0.25) is 5.13 Å². The van der Waals surface area contributed by atoms with E-state index in [9.17, 15) is 0 Å². The molecule has 1 aromatic heterocycles. The van der Waals surface area contributed by atoms with Gasteiger partial charge in [0.05, 0.1) is 12.7 Å². The van der Waals surface area contributed by atoms with Crippen molar-refractivity contribution in [2.75, 3.05) is 38.2 Å². The molecule has 1 aliphatic rings. The number of nitrogens with one attached hydrogen (secondary N) is 1. The van der Waals surface area contributed by atoms with E-state index in [0.29, 0.717) is 0 Å². The SMILES string of the molecule is CN(CC1CNCCO1)c1ncns1. The summed E-state index contributed by atoms with van der Waals surface area (Å²) in [5.41, 5.74) is 0. The van der Waals surface area contributed by atoms with Crippen LogP contribution in [0.25, 0.3) is 0 Å². The van der Waals surface area contributed by atoms with E-state index >= 15 is 0 Å². The summed E-state index contributed by atoms with van der Waals surface area (Å²) in [6.07, 6.45) is 1.84. The van der Waals surface area contributed by atoms with Crippen molar-refractivity contribution < 1.29 is 4.74 Å². The predicted molar refractivity (Wildman–Crippen MR) is 55.8 cm³/mol. The molecule has 0 aromatic carbocycles. The van der Waals surface area contributed by atoms with Crippen LogP contribution < -0.4 is 10.2 Å². The molecule has 0 spiro atoms. The average molecular weight is 214 g/mol. The van der Waals surface area contributed by atoms with Gasteiger partial charge in [0.15, 0.2) is 0 Å². The Morgan fingerprint density at radius 2 is 2.71 bits per heavy atom. The van der Waals surface area contributed by atoms with Gasteiger partial charge in [0.1, 0.15) is 6.33 Å². The normalized spacial score (nSPS) is 22.2. The summed E-state index contributed by atoms with van der Waals surface area (Å²) in [6, 6.07) is 0. The Kier molecular flexibility index (Phi) is 3.28. The molecule has 0 bridgehead atoms. The highest BCUT2D eigenvalue weighted by Crippen LogP contribution is 2.13. The van der Waals surface area contributed by atoms with Crippen molar-refractivity contribution in [2.24, 2.45) is 0 Å². The van der Waals surface area contributed by atoms with E-state index in [0.717, 1.165) is 31.4 Å². The number of hydrogen-bond donors (Lipinski definition) is 1. The fourth-order valence-corrected chi connectivity index (χ4v) is 1.95. The van der Waals surface area contributed by atoms with E-state index in [2.05, 4.69) is 19.6 Å². The van der Waals surface area contributed by atoms with Crippen LogP contribution in [0.5, 0.6) is 0 Å². The summed E-state index contributed by atoms with van der Waals surface area (Å²) in [7, 11) is 2.01. The van der Waals surface area contributed by atoms with Crippen molar-refractivity contribution in [3.63, 3.8) is 0 Å². The molecule has 1 N–H and O–H groups in total. The van der Waals surface area contributed by atoms with Crippen molar-refractivity contribution in [1.29, 1.82) is 0 Å². The highest BCUT2D eigenvalue weighted by molar-refractivity contribution is 7.09. The van der Waals surface area contributed by atoms with Gasteiger partial charge in [-0.2, -0.15) is 4.37 Å². The van der Waals surface area contributed by atoms with Gasteiger partial charge >= 0.3 is 0 Å². The Labute approximate surface area is 87.3 Å². The van der Waals surface area contributed by atoms with Crippen molar-refractivity contribution in [3.8, 4) is 0 Å². The second-order valence-corrected chi connectivity index (χ2v) is 4.06. The molecule has 0 amide bonds. The van der Waals surface area contributed by atoms with Crippen LogP contribution in [0.4, 0.5) is 5.13 Å². The summed E-state index contributed by atoms with van der Waals surface area (Å²) >= 11 is 1.41. The van der Waals surface area contributed by atoms with Crippen LogP contribution in [0.3, 0.4) is 0 Å². The Morgan fingerprint density at radius 1 is 1.79 bits per heavy atom. The van der Waals surface area contributed by atoms with E-state index < -0.39 is 0 Å². The van der Waals surface area contributed by atoms with Crippen LogP contribution in [-0.4, -0.2) is 48.8 Å². The maximum Gasteiger partial charge on any atom is 0.204 e. The smallest absolute Gasteiger partial charge is 0.204 e. The summed E-state index contributed by atoms with van der Waals surface area (Å²) in [6.45, 7) is 3.54. The molecular weight excluding hydrogens is 200 g/mol. The highest BCUT2D eigenvalue weighted by Gasteiger charge is 2.16. The second kappa shape index (κ2) is 4.68. The molecule has 0 saturated carbocycles. The summed E-state index contributed by atoms with van der Waals surface area (Å²) in [5, 5.41) is 4.24. The number of rotatable bonds is 3. The zero-order valence-electron chi connectivity index (χ0n) is 8.14. The number of nitrogens with zero attached hydrogens (tertiary/aromatic N) is 3. The molecular formula is C8H14N4OS. The molecule has 1 saturated heterocycles. The standard InChI is InChI=1S/C8H14N4OS/c1-12(8-10-6-11-14-8)5-7-4-9-2-3-13-7/h6-7,9H,2-5H2,1H3. The maximum atomic E-state index is 5.60. The van der Waals surface area contributed by atoms with Crippen LogP contribution in [0.15, 0.2) is 6.33 Å². The van der Waals surface area contributed by atoms with Crippen LogP contribution in [0, 0.1) is 0 Å². The van der Waals surface area contributed by atoms with Gasteiger partial charge in [0.25, 0.3) is 0 Å². The first-order valence-electron chi connectivity index (χ1n) is 4.66. The molecule has 2 heterocycles. The van der Waals surface area contributed by atoms with E-state index in [1.807, 2.05) is 7.05 Å². The third-order valence-corrected chi connectivity index (χ3v) is 2.94. The molecule has 14 heavy (non-hydrogen) atoms. The highest BCUT2D eigenvalue weighted by atomic mass is 32.1. The summed E-state index contributed by atoms with van der Waals surface area (Å²) < 4.78 is 9.57. The minimum absolute atomic E-state index is 0.262. The van der Waals surface area contributed by atoms with Crippen molar-refractivity contribution in [2.45, 2.75) is 6.10 Å². The van der Waals surface area contributed by atoms with Gasteiger partial charge in [-0.05, 0) is 0 Å². The number of aromatic nitrogens is 2. The second-order valence-electron chi connectivity index (χ2n) is 3.30. The number of ether oxygens (including phenoxy) is 1. The van der Waals surface area contributed by atoms with E-state index in [1.54, 1.807) is 6.33 Å². The van der Waals surface area contributed by atoms with Gasteiger partial charge in [0, 0.05) is 38.2 Å². The summed E-state index contributed by atoms with van der Waals surface area (Å²) in [5.74, 6) is 0. The molecule has 6 heteroatoms. The quantitative estimate of drug-likeness (QED) is 0.765. The largest absolute Gasteiger partial charge is 0.374 e. The van der Waals surface area contributed by atoms with Crippen LogP contribution >= 0.6 is 11.5 Å². The number of anilines is 1. The van der Waals surface area contributed by atoms with E-state index in [4.69, 9.17) is 4.74 Å². The molecule has 0 aliphatic carbocycles. The minimum atomic E-state index is 0.262. The summed E-state index contributed by atoms with van der Waals surface area (Å²) in [4.78, 5) is 6.22. The molecule has 2 rings (SSSR count). The molecule has 1 aromatic rings. The van der Waals surface area contributed by atoms with Crippen molar-refractivity contribution >= 4 is 16.7 Å². The zero-order valence-corrected chi connectivity index (χ0v) is 8.96. The Bertz CT molecular complexity index is 260. The lowest BCUT2D eigenvalue weighted by atomic mass is 10.3. The first kappa shape index (κ1) is 9.82. The third-order valence-electron chi connectivity index (χ3n) is 2.16. The first-order chi connectivity index (χ1) is 6.86. The van der Waals surface area contributed by atoms with Gasteiger partial charge in [-0.25, -0.2) is 4.98 Å². The van der Waals surface area contributed by atoms with Crippen LogP contribution in [-0.2, 0) is 4.74 Å². The lowest BCUT2D eigenvalue weighted by Gasteiger charge is -2.27. The lowest BCUT2D eigenvalue weighted by Crippen LogP contribution is -2.44. The minimum Gasteiger partial charge on any atom is -0.374 e. The van der Waals surface area contributed by atoms with Gasteiger partial charge in [-0.15, -0.1) is 0 Å². The lowest BCUT2D eigenvalue weighted by molar-refractivity contribution is 0.0340. The molecule has 1 atom stereocenters. The Balaban J connectivity index is 1.84. The molecule has 78 valence electrons. The van der Waals surface area contributed by atoms with Crippen molar-refractivity contribution in [3.05, 3.63) is 6.33 Å². The third kappa shape index (κ3) is 2.40. The monoisotopic (exact) mass is 214 g/mol. The Hall–Kier alpha value is -0.720. The fraction of sp³-hybridized carbons (Fsp3) is 0.750. The predicted octanol–water partition coefficient (Wildman–Crippen LogP) is -0.0373. The van der Waals surface area contributed by atoms with Crippen LogP contribution in [0.1, 0.15) is 0 Å². The molecule has 0 radical (unpaired) electrons. The molecule has 5 nitrogen and oxygen atoms in total. The number of likely N-dealkylation sites (N-methyl/N-ethyl adjacent to an activating group) is 1. The van der Waals surface area contributed by atoms with Crippen molar-refractivity contribution in [1.82, 2.24) is 14.7 Å². The van der Waals surface area contributed by atoms with Gasteiger partial charge in [-0.3, -0.25) is 0 Å². The number of morpholine rings is 1. The number of hydrogen-bond acceptors (Lipinski definition) is 6. The maximum absolute atomic E-state index is 5.60. The van der Waals surface area contributed by atoms with E-state index in [1.165, 1.54) is 11.5 Å². The Morgan fingerprint density at radius 3 is 3.36 bits per heavy atom. The topological polar surface area (TPSA) is 50.3 Å². The molecule has 1 aliphatic heterocycles. The fourth-order valence-electron chi connectivity index (χ4n) is 1.46.